The summed E-state index contributed by atoms with van der Waals surface area (Å²) in [4.78, 5) is 32.5. The van der Waals surface area contributed by atoms with E-state index >= 15 is 0 Å². The maximum atomic E-state index is 14.0. The van der Waals surface area contributed by atoms with E-state index in [4.69, 9.17) is 9.73 Å². The largest absolute Gasteiger partial charge is 0.463 e. The fourth-order valence-electron chi connectivity index (χ4n) is 5.23. The van der Waals surface area contributed by atoms with E-state index in [0.29, 0.717) is 26.5 Å². The molecular weight excluding hydrogens is 586 g/mol. The molecule has 4 aromatic rings. The van der Waals surface area contributed by atoms with Crippen molar-refractivity contribution in [3.8, 4) is 5.69 Å². The normalized spacial score (nSPS) is 15.4. The van der Waals surface area contributed by atoms with Gasteiger partial charge in [-0.1, -0.05) is 65.4 Å². The third-order valence-corrected chi connectivity index (χ3v) is 8.79. The number of carbonyl (C=O) groups is 1. The predicted molar refractivity (Wildman–Crippen MR) is 164 cm³/mol. The summed E-state index contributed by atoms with van der Waals surface area (Å²) in [7, 11) is 0. The summed E-state index contributed by atoms with van der Waals surface area (Å²) in [6, 6.07) is 17.8. The highest BCUT2D eigenvalue weighted by atomic mass is 79.9. The minimum Gasteiger partial charge on any atom is -0.463 e. The molecule has 0 N–H and O–H groups in total. The summed E-state index contributed by atoms with van der Waals surface area (Å²) >= 11 is 4.85. The molecule has 1 atom stereocenters. The third kappa shape index (κ3) is 5.06. The van der Waals surface area contributed by atoms with Crippen molar-refractivity contribution in [1.82, 2.24) is 9.13 Å². The van der Waals surface area contributed by atoms with Gasteiger partial charge in [-0.3, -0.25) is 9.36 Å². The number of aromatic nitrogens is 2. The summed E-state index contributed by atoms with van der Waals surface area (Å²) in [6.45, 7) is 12.2. The fraction of sp³-hybridized carbons (Fsp3) is 0.281. The lowest BCUT2D eigenvalue weighted by Crippen LogP contribution is -2.39. The molecule has 0 spiro atoms. The Hall–Kier alpha value is -3.49. The molecular formula is C32H32BrN3O3S. The lowest BCUT2D eigenvalue weighted by Gasteiger charge is -2.25. The lowest BCUT2D eigenvalue weighted by atomic mass is 9.93. The Morgan fingerprint density at radius 1 is 1.10 bits per heavy atom. The van der Waals surface area contributed by atoms with Gasteiger partial charge in [0.2, 0.25) is 0 Å². The number of hydrogen-bond acceptors (Lipinski definition) is 5. The van der Waals surface area contributed by atoms with E-state index < -0.39 is 12.0 Å². The van der Waals surface area contributed by atoms with E-state index in [1.54, 1.807) is 11.5 Å². The van der Waals surface area contributed by atoms with Crippen molar-refractivity contribution in [2.45, 2.75) is 53.5 Å². The van der Waals surface area contributed by atoms with Crippen LogP contribution in [0.2, 0.25) is 0 Å². The average Bonchev–Trinajstić information content (AvgIpc) is 3.38. The van der Waals surface area contributed by atoms with Gasteiger partial charge in [-0.15, -0.1) is 0 Å². The quantitative estimate of drug-likeness (QED) is 0.246. The first kappa shape index (κ1) is 28.1. The SMILES string of the molecule is CCOC(=O)C1=C(C)N=c2s/c(=C\c3cc(C)n(-c4ccc(Br)cc4)c3C)c(=O)n2[C@@H]1c1ccc(C(C)C)cc1. The van der Waals surface area contributed by atoms with Gasteiger partial charge in [-0.2, -0.15) is 0 Å². The van der Waals surface area contributed by atoms with E-state index in [0.717, 1.165) is 32.7 Å². The molecule has 8 heteroatoms. The zero-order valence-corrected chi connectivity index (χ0v) is 25.9. The number of fused-ring (bicyclic) bond motifs is 1. The van der Waals surface area contributed by atoms with E-state index in [2.05, 4.69) is 78.5 Å². The second-order valence-electron chi connectivity index (χ2n) is 10.3. The molecule has 1 aliphatic heterocycles. The van der Waals surface area contributed by atoms with Crippen LogP contribution in [0.3, 0.4) is 0 Å². The van der Waals surface area contributed by atoms with Crippen molar-refractivity contribution in [2.75, 3.05) is 6.61 Å². The maximum Gasteiger partial charge on any atom is 0.338 e. The molecule has 0 amide bonds. The average molecular weight is 619 g/mol. The van der Waals surface area contributed by atoms with Crippen molar-refractivity contribution in [1.29, 1.82) is 0 Å². The Kier molecular flexibility index (Phi) is 7.84. The molecule has 6 nitrogen and oxygen atoms in total. The van der Waals surface area contributed by atoms with Gasteiger partial charge in [-0.05, 0) is 86.7 Å². The number of nitrogens with zero attached hydrogens (tertiary/aromatic N) is 3. The van der Waals surface area contributed by atoms with E-state index in [1.165, 1.54) is 16.9 Å². The van der Waals surface area contributed by atoms with Gasteiger partial charge in [0.05, 0.1) is 28.5 Å². The van der Waals surface area contributed by atoms with Gasteiger partial charge in [0, 0.05) is 21.5 Å². The van der Waals surface area contributed by atoms with Crippen molar-refractivity contribution < 1.29 is 9.53 Å². The molecule has 0 bridgehead atoms. The van der Waals surface area contributed by atoms with Crippen molar-refractivity contribution in [3.05, 3.63) is 118 Å². The standard InChI is InChI=1S/C32H32BrN3O3S/c1-7-39-31(38)28-20(5)34-32-36(29(28)23-10-8-22(9-11-23)18(2)3)30(37)27(40-32)17-24-16-19(4)35(21(24)6)26-14-12-25(33)13-15-26/h8-18,29H,7H2,1-6H3/b27-17-/t29-/m1/s1. The molecule has 0 saturated heterocycles. The number of hydrogen-bond donors (Lipinski definition) is 0. The third-order valence-electron chi connectivity index (χ3n) is 7.28. The monoisotopic (exact) mass is 617 g/mol. The Balaban J connectivity index is 1.67. The predicted octanol–water partition coefficient (Wildman–Crippen LogP) is 6.09. The first-order chi connectivity index (χ1) is 19.1. The second kappa shape index (κ2) is 11.2. The Morgan fingerprint density at radius 2 is 1.77 bits per heavy atom. The van der Waals surface area contributed by atoms with Gasteiger partial charge < -0.3 is 9.30 Å². The minimum absolute atomic E-state index is 0.176. The zero-order valence-electron chi connectivity index (χ0n) is 23.5. The Morgan fingerprint density at radius 3 is 2.40 bits per heavy atom. The molecule has 0 saturated carbocycles. The maximum absolute atomic E-state index is 14.0. The number of thiazole rings is 1. The number of esters is 1. The van der Waals surface area contributed by atoms with Crippen molar-refractivity contribution in [3.63, 3.8) is 0 Å². The van der Waals surface area contributed by atoms with Crippen LogP contribution in [0, 0.1) is 13.8 Å². The Bertz CT molecular complexity index is 1810. The van der Waals surface area contributed by atoms with Gasteiger partial charge in [0.1, 0.15) is 0 Å². The smallest absolute Gasteiger partial charge is 0.338 e. The first-order valence-electron chi connectivity index (χ1n) is 13.3. The van der Waals surface area contributed by atoms with Crippen LogP contribution in [-0.4, -0.2) is 21.7 Å². The lowest BCUT2D eigenvalue weighted by molar-refractivity contribution is -0.139. The number of carbonyl (C=O) groups excluding carboxylic acids is 1. The van der Waals surface area contributed by atoms with Crippen LogP contribution in [0.4, 0.5) is 0 Å². The molecule has 3 heterocycles. The molecule has 0 fully saturated rings. The number of aryl methyl sites for hydroxylation is 1. The van der Waals surface area contributed by atoms with Crippen molar-refractivity contribution >= 4 is 39.3 Å². The summed E-state index contributed by atoms with van der Waals surface area (Å²) in [5.74, 6) is -0.0803. The number of rotatable bonds is 6. The van der Waals surface area contributed by atoms with Crippen LogP contribution in [0.1, 0.15) is 67.7 Å². The van der Waals surface area contributed by atoms with Gasteiger partial charge in [0.15, 0.2) is 4.80 Å². The Labute approximate surface area is 246 Å². The second-order valence-corrected chi connectivity index (χ2v) is 12.2. The van der Waals surface area contributed by atoms with Crippen LogP contribution < -0.4 is 14.9 Å². The molecule has 0 unspecified atom stereocenters. The van der Waals surface area contributed by atoms with E-state index in [1.807, 2.05) is 37.3 Å². The van der Waals surface area contributed by atoms with E-state index in [9.17, 15) is 9.59 Å². The number of ether oxygens (including phenoxy) is 1. The highest BCUT2D eigenvalue weighted by molar-refractivity contribution is 9.10. The van der Waals surface area contributed by atoms with Crippen LogP contribution in [-0.2, 0) is 9.53 Å². The molecule has 206 valence electrons. The molecule has 1 aliphatic rings. The van der Waals surface area contributed by atoms with Crippen LogP contribution in [0.5, 0.6) is 0 Å². The fourth-order valence-corrected chi connectivity index (χ4v) is 6.53. The molecule has 2 aromatic heterocycles. The summed E-state index contributed by atoms with van der Waals surface area (Å²) in [5.41, 5.74) is 6.95. The van der Waals surface area contributed by atoms with E-state index in [-0.39, 0.29) is 12.2 Å². The number of halogens is 1. The zero-order chi connectivity index (χ0) is 28.7. The van der Waals surface area contributed by atoms with Gasteiger partial charge in [-0.25, -0.2) is 9.79 Å². The molecule has 0 aliphatic carbocycles. The molecule has 0 radical (unpaired) electrons. The highest BCUT2D eigenvalue weighted by Crippen LogP contribution is 2.31. The van der Waals surface area contributed by atoms with Gasteiger partial charge >= 0.3 is 5.97 Å². The number of benzene rings is 2. The summed E-state index contributed by atoms with van der Waals surface area (Å²) in [5, 5.41) is 0. The van der Waals surface area contributed by atoms with Crippen LogP contribution in [0.15, 0.2) is 80.1 Å². The summed E-state index contributed by atoms with van der Waals surface area (Å²) < 4.78 is 10.8. The molecule has 40 heavy (non-hydrogen) atoms. The highest BCUT2D eigenvalue weighted by Gasteiger charge is 2.33. The number of allylic oxidation sites excluding steroid dienone is 1. The molecule has 2 aromatic carbocycles. The molecule has 5 rings (SSSR count). The van der Waals surface area contributed by atoms with Crippen LogP contribution >= 0.6 is 27.3 Å². The topological polar surface area (TPSA) is 65.6 Å². The first-order valence-corrected chi connectivity index (χ1v) is 15.0. The van der Waals surface area contributed by atoms with Crippen molar-refractivity contribution in [2.24, 2.45) is 4.99 Å². The van der Waals surface area contributed by atoms with Crippen LogP contribution in [0.25, 0.3) is 11.8 Å². The van der Waals surface area contributed by atoms with Gasteiger partial charge in [0.25, 0.3) is 5.56 Å². The summed E-state index contributed by atoms with van der Waals surface area (Å²) in [6.07, 6.45) is 1.93. The minimum atomic E-state index is -0.617.